The van der Waals surface area contributed by atoms with Crippen molar-refractivity contribution >= 4 is 24.0 Å². The van der Waals surface area contributed by atoms with Gasteiger partial charge in [0, 0.05) is 22.6 Å². The van der Waals surface area contributed by atoms with E-state index < -0.39 is 0 Å². The van der Waals surface area contributed by atoms with Crippen LogP contribution in [0.25, 0.3) is 5.69 Å². The molecule has 3 aliphatic carbocycles. The highest BCUT2D eigenvalue weighted by atomic mass is 16.5. The zero-order valence-electron chi connectivity index (χ0n) is 19.0. The van der Waals surface area contributed by atoms with Crippen molar-refractivity contribution in [3.63, 3.8) is 0 Å². The topological polar surface area (TPSA) is 81.0 Å². The van der Waals surface area contributed by atoms with Crippen molar-refractivity contribution in [1.29, 1.82) is 0 Å². The number of esters is 1. The highest BCUT2D eigenvalue weighted by molar-refractivity contribution is 6.06. The summed E-state index contributed by atoms with van der Waals surface area (Å²) in [5.41, 5.74) is 4.14. The summed E-state index contributed by atoms with van der Waals surface area (Å²) in [6.45, 7) is 6.06. The molecule has 7 heteroatoms. The fraction of sp³-hybridized carbons (Fsp3) is 0.385. The molecule has 2 bridgehead atoms. The minimum absolute atomic E-state index is 0.152. The van der Waals surface area contributed by atoms with Crippen LogP contribution in [0.2, 0.25) is 0 Å². The van der Waals surface area contributed by atoms with Crippen LogP contribution < -0.4 is 0 Å². The Morgan fingerprint density at radius 2 is 1.67 bits per heavy atom. The molecule has 1 aromatic heterocycles. The van der Waals surface area contributed by atoms with Crippen LogP contribution in [0, 0.1) is 37.5 Å². The molecular weight excluding hydrogens is 418 g/mol. The molecule has 0 radical (unpaired) electrons. The van der Waals surface area contributed by atoms with Crippen LogP contribution in [0.15, 0.2) is 47.6 Å². The highest BCUT2D eigenvalue weighted by Crippen LogP contribution is 2.49. The fourth-order valence-electron chi connectivity index (χ4n) is 5.57. The molecule has 2 amide bonds. The Kier molecular flexibility index (Phi) is 5.27. The molecule has 2 aromatic rings. The Hall–Kier alpha value is -3.48. The maximum atomic E-state index is 13.0. The molecule has 1 aliphatic heterocycles. The number of imide groups is 1. The Morgan fingerprint density at radius 1 is 1.06 bits per heavy atom. The van der Waals surface area contributed by atoms with Gasteiger partial charge in [0.25, 0.3) is 11.8 Å². The van der Waals surface area contributed by atoms with Gasteiger partial charge in [0.05, 0.1) is 30.2 Å². The van der Waals surface area contributed by atoms with Crippen molar-refractivity contribution in [2.45, 2.75) is 33.6 Å². The summed E-state index contributed by atoms with van der Waals surface area (Å²) in [6.07, 6.45) is 7.75. The number of hydrogen-bond acceptors (Lipinski definition) is 5. The third-order valence-corrected chi connectivity index (χ3v) is 7.16. The van der Waals surface area contributed by atoms with Crippen LogP contribution in [0.3, 0.4) is 0 Å². The molecule has 0 unspecified atom stereocenters. The van der Waals surface area contributed by atoms with Crippen molar-refractivity contribution in [1.82, 2.24) is 9.58 Å². The van der Waals surface area contributed by atoms with Crippen LogP contribution in [0.5, 0.6) is 0 Å². The van der Waals surface area contributed by atoms with E-state index in [4.69, 9.17) is 4.74 Å². The van der Waals surface area contributed by atoms with E-state index in [0.29, 0.717) is 12.2 Å². The average molecular weight is 446 g/mol. The zero-order chi connectivity index (χ0) is 23.3. The van der Waals surface area contributed by atoms with Gasteiger partial charge in [0.2, 0.25) is 0 Å². The second-order valence-electron chi connectivity index (χ2n) is 9.00. The SMILES string of the molecule is CCOC(=O)c1ccc(-n2c(C)cc(/C=N\N3C(=O)[C@@H]4[C@@H](C3=O)[C@H]3C=C[C@H]4CC3)c2C)cc1. The van der Waals surface area contributed by atoms with E-state index >= 15 is 0 Å². The van der Waals surface area contributed by atoms with Gasteiger partial charge in [-0.1, -0.05) is 12.2 Å². The van der Waals surface area contributed by atoms with Crippen LogP contribution in [0.4, 0.5) is 0 Å². The van der Waals surface area contributed by atoms with E-state index in [1.165, 1.54) is 0 Å². The lowest BCUT2D eigenvalue weighted by Gasteiger charge is -2.37. The van der Waals surface area contributed by atoms with Crippen molar-refractivity contribution in [3.8, 4) is 5.69 Å². The summed E-state index contributed by atoms with van der Waals surface area (Å²) in [5.74, 6) is -0.916. The van der Waals surface area contributed by atoms with E-state index in [1.54, 1.807) is 25.3 Å². The molecule has 4 atom stereocenters. The zero-order valence-corrected chi connectivity index (χ0v) is 19.0. The number of aromatic nitrogens is 1. The Labute approximate surface area is 192 Å². The molecule has 1 saturated heterocycles. The summed E-state index contributed by atoms with van der Waals surface area (Å²) in [5, 5.41) is 5.44. The first-order valence-corrected chi connectivity index (χ1v) is 11.5. The van der Waals surface area contributed by atoms with Gasteiger partial charge in [0.15, 0.2) is 0 Å². The number of allylic oxidation sites excluding steroid dienone is 2. The summed E-state index contributed by atoms with van der Waals surface area (Å²) < 4.78 is 7.10. The molecule has 1 aromatic carbocycles. The van der Waals surface area contributed by atoms with Gasteiger partial charge in [0.1, 0.15) is 0 Å². The number of carbonyl (C=O) groups is 3. The quantitative estimate of drug-likeness (QED) is 0.303. The van der Waals surface area contributed by atoms with Crippen molar-refractivity contribution in [2.24, 2.45) is 28.8 Å². The number of hydrazone groups is 1. The van der Waals surface area contributed by atoms with E-state index in [-0.39, 0.29) is 41.5 Å². The summed E-state index contributed by atoms with van der Waals surface area (Å²) >= 11 is 0. The number of rotatable bonds is 5. The number of carbonyl (C=O) groups excluding carboxylic acids is 3. The van der Waals surface area contributed by atoms with Crippen LogP contribution in [-0.2, 0) is 14.3 Å². The van der Waals surface area contributed by atoms with Gasteiger partial charge in [-0.3, -0.25) is 9.59 Å². The van der Waals surface area contributed by atoms with Gasteiger partial charge in [-0.15, -0.1) is 0 Å². The molecule has 7 nitrogen and oxygen atoms in total. The highest BCUT2D eigenvalue weighted by Gasteiger charge is 2.56. The summed E-state index contributed by atoms with van der Waals surface area (Å²) in [7, 11) is 0. The first-order valence-electron chi connectivity index (χ1n) is 11.5. The molecule has 4 aliphatic rings. The van der Waals surface area contributed by atoms with Crippen molar-refractivity contribution in [2.75, 3.05) is 6.61 Å². The predicted octanol–water partition coefficient (Wildman–Crippen LogP) is 3.80. The second kappa shape index (κ2) is 8.14. The van der Waals surface area contributed by atoms with Gasteiger partial charge in [-0.05, 0) is 75.8 Å². The number of ether oxygens (including phenoxy) is 1. The van der Waals surface area contributed by atoms with Crippen molar-refractivity contribution in [3.05, 3.63) is 65.0 Å². The molecule has 170 valence electrons. The molecule has 6 rings (SSSR count). The normalized spacial score (nSPS) is 25.8. The van der Waals surface area contributed by atoms with E-state index in [2.05, 4.69) is 17.3 Å². The molecule has 2 fully saturated rings. The summed E-state index contributed by atoms with van der Waals surface area (Å²) in [4.78, 5) is 37.9. The maximum absolute atomic E-state index is 13.0. The average Bonchev–Trinajstić information content (AvgIpc) is 3.26. The van der Waals surface area contributed by atoms with E-state index in [1.807, 2.05) is 36.6 Å². The number of amides is 2. The van der Waals surface area contributed by atoms with Crippen LogP contribution in [0.1, 0.15) is 47.1 Å². The minimum Gasteiger partial charge on any atom is -0.462 e. The molecule has 0 N–H and O–H groups in total. The second-order valence-corrected chi connectivity index (χ2v) is 9.00. The lowest BCUT2D eigenvalue weighted by molar-refractivity contribution is -0.140. The molecule has 33 heavy (non-hydrogen) atoms. The Balaban J connectivity index is 1.39. The number of aryl methyl sites for hydroxylation is 1. The number of fused-ring (bicyclic) bond motifs is 1. The van der Waals surface area contributed by atoms with E-state index in [0.717, 1.165) is 40.5 Å². The fourth-order valence-corrected chi connectivity index (χ4v) is 5.57. The third kappa shape index (κ3) is 3.43. The van der Waals surface area contributed by atoms with E-state index in [9.17, 15) is 14.4 Å². The van der Waals surface area contributed by atoms with Gasteiger partial charge < -0.3 is 9.30 Å². The monoisotopic (exact) mass is 445 g/mol. The third-order valence-electron chi connectivity index (χ3n) is 7.16. The molecule has 0 spiro atoms. The lowest BCUT2D eigenvalue weighted by Crippen LogP contribution is -2.38. The standard InChI is InChI=1S/C26H27N3O4/c1-4-33-26(32)19-9-11-21(12-10-19)28-15(2)13-20(16(28)3)14-27-29-24(30)22-17-5-6-18(8-7-17)23(22)25(29)31/h5-6,9-14,17-18,22-23H,4,7-8H2,1-3H3/b27-14-/t17-,18-,22-,23-/m0/s1. The number of benzene rings is 1. The van der Waals surface area contributed by atoms with Crippen molar-refractivity contribution < 1.29 is 19.1 Å². The van der Waals surface area contributed by atoms with Crippen LogP contribution >= 0.6 is 0 Å². The largest absolute Gasteiger partial charge is 0.462 e. The first kappa shape index (κ1) is 21.4. The van der Waals surface area contributed by atoms with Crippen LogP contribution in [-0.4, -0.2) is 40.2 Å². The lowest BCUT2D eigenvalue weighted by atomic mass is 9.63. The number of hydrogen-bond donors (Lipinski definition) is 0. The Bertz CT molecular complexity index is 1160. The van der Waals surface area contributed by atoms with Gasteiger partial charge in [-0.2, -0.15) is 10.1 Å². The minimum atomic E-state index is -0.345. The smallest absolute Gasteiger partial charge is 0.338 e. The van der Waals surface area contributed by atoms with Gasteiger partial charge >= 0.3 is 5.97 Å². The summed E-state index contributed by atoms with van der Waals surface area (Å²) in [6, 6.07) is 9.20. The molecular formula is C26H27N3O4. The predicted molar refractivity (Wildman–Crippen MR) is 123 cm³/mol. The molecule has 2 heterocycles. The number of nitrogens with zero attached hydrogens (tertiary/aromatic N) is 3. The Morgan fingerprint density at radius 3 is 2.21 bits per heavy atom. The van der Waals surface area contributed by atoms with Gasteiger partial charge in [-0.25, -0.2) is 4.79 Å². The first-order chi connectivity index (χ1) is 15.9. The maximum Gasteiger partial charge on any atom is 0.338 e. The molecule has 1 saturated carbocycles.